The summed E-state index contributed by atoms with van der Waals surface area (Å²) < 4.78 is 7.40. The van der Waals surface area contributed by atoms with Crippen molar-refractivity contribution in [2.24, 2.45) is 0 Å². The summed E-state index contributed by atoms with van der Waals surface area (Å²) in [4.78, 5) is 0. The molecule has 0 unspecified atom stereocenters. The standard InChI is InChI=1S/C12H21N3O/c1-10-9-11(2)15(14-10)6-5-13-12-3-7-16-8-4-12/h9,12-13H,3-8H2,1-2H3. The first-order valence-corrected chi connectivity index (χ1v) is 6.08. The lowest BCUT2D eigenvalue weighted by Gasteiger charge is -2.23. The maximum atomic E-state index is 5.33. The van der Waals surface area contributed by atoms with Crippen molar-refractivity contribution in [3.05, 3.63) is 17.5 Å². The van der Waals surface area contributed by atoms with Crippen molar-refractivity contribution in [2.45, 2.75) is 39.3 Å². The van der Waals surface area contributed by atoms with E-state index in [0.29, 0.717) is 6.04 Å². The SMILES string of the molecule is Cc1cc(C)n(CCNC2CCOCC2)n1. The van der Waals surface area contributed by atoms with Gasteiger partial charge < -0.3 is 10.1 Å². The monoisotopic (exact) mass is 223 g/mol. The predicted octanol–water partition coefficient (Wildman–Crippen LogP) is 1.27. The smallest absolute Gasteiger partial charge is 0.0596 e. The molecule has 1 fully saturated rings. The van der Waals surface area contributed by atoms with Crippen LogP contribution < -0.4 is 5.32 Å². The summed E-state index contributed by atoms with van der Waals surface area (Å²) in [6.07, 6.45) is 2.27. The largest absolute Gasteiger partial charge is 0.381 e. The van der Waals surface area contributed by atoms with E-state index in [1.165, 1.54) is 5.69 Å². The Bertz CT molecular complexity index is 329. The number of nitrogens with one attached hydrogen (secondary N) is 1. The molecule has 1 aromatic heterocycles. The Balaban J connectivity index is 1.73. The normalized spacial score (nSPS) is 17.9. The van der Waals surface area contributed by atoms with E-state index in [2.05, 4.69) is 28.1 Å². The quantitative estimate of drug-likeness (QED) is 0.835. The number of hydrogen-bond acceptors (Lipinski definition) is 3. The zero-order chi connectivity index (χ0) is 11.4. The van der Waals surface area contributed by atoms with Gasteiger partial charge in [0, 0.05) is 31.5 Å². The zero-order valence-electron chi connectivity index (χ0n) is 10.2. The summed E-state index contributed by atoms with van der Waals surface area (Å²) >= 11 is 0. The molecule has 16 heavy (non-hydrogen) atoms. The predicted molar refractivity (Wildman–Crippen MR) is 63.5 cm³/mol. The molecule has 1 aliphatic rings. The molecule has 1 aromatic rings. The van der Waals surface area contributed by atoms with Crippen LogP contribution in [0, 0.1) is 13.8 Å². The number of rotatable bonds is 4. The van der Waals surface area contributed by atoms with E-state index in [1.54, 1.807) is 0 Å². The molecule has 0 radical (unpaired) electrons. The van der Waals surface area contributed by atoms with Crippen LogP contribution in [0.3, 0.4) is 0 Å². The van der Waals surface area contributed by atoms with Crippen molar-refractivity contribution >= 4 is 0 Å². The van der Waals surface area contributed by atoms with Crippen molar-refractivity contribution in [1.82, 2.24) is 15.1 Å². The fourth-order valence-corrected chi connectivity index (χ4v) is 2.18. The molecule has 1 saturated heterocycles. The van der Waals surface area contributed by atoms with Gasteiger partial charge in [-0.3, -0.25) is 4.68 Å². The fraction of sp³-hybridized carbons (Fsp3) is 0.750. The van der Waals surface area contributed by atoms with E-state index in [0.717, 1.165) is 44.8 Å². The average molecular weight is 223 g/mol. The summed E-state index contributed by atoms with van der Waals surface area (Å²) in [7, 11) is 0. The van der Waals surface area contributed by atoms with E-state index in [9.17, 15) is 0 Å². The third kappa shape index (κ3) is 3.06. The van der Waals surface area contributed by atoms with Gasteiger partial charge in [0.1, 0.15) is 0 Å². The Morgan fingerprint density at radius 1 is 1.44 bits per heavy atom. The lowest BCUT2D eigenvalue weighted by Crippen LogP contribution is -2.36. The molecule has 0 atom stereocenters. The Labute approximate surface area is 97.0 Å². The second-order valence-electron chi connectivity index (χ2n) is 4.49. The number of hydrogen-bond donors (Lipinski definition) is 1. The third-order valence-electron chi connectivity index (χ3n) is 3.08. The Kier molecular flexibility index (Phi) is 3.96. The number of aryl methyl sites for hydroxylation is 2. The van der Waals surface area contributed by atoms with Crippen LogP contribution in [0.15, 0.2) is 6.07 Å². The van der Waals surface area contributed by atoms with Crippen molar-refractivity contribution in [3.63, 3.8) is 0 Å². The van der Waals surface area contributed by atoms with Crippen molar-refractivity contribution < 1.29 is 4.74 Å². The Morgan fingerprint density at radius 3 is 2.81 bits per heavy atom. The molecule has 90 valence electrons. The first-order chi connectivity index (χ1) is 7.75. The summed E-state index contributed by atoms with van der Waals surface area (Å²) in [6.45, 7) is 7.89. The van der Waals surface area contributed by atoms with Crippen LogP contribution in [0.5, 0.6) is 0 Å². The van der Waals surface area contributed by atoms with E-state index < -0.39 is 0 Å². The number of aromatic nitrogens is 2. The van der Waals surface area contributed by atoms with Crippen LogP contribution in [-0.4, -0.2) is 35.6 Å². The van der Waals surface area contributed by atoms with Crippen LogP contribution in [0.1, 0.15) is 24.2 Å². The van der Waals surface area contributed by atoms with Crippen LogP contribution in [0.2, 0.25) is 0 Å². The van der Waals surface area contributed by atoms with Crippen LogP contribution >= 0.6 is 0 Å². The Morgan fingerprint density at radius 2 is 2.19 bits per heavy atom. The second kappa shape index (κ2) is 5.46. The molecular formula is C12H21N3O. The van der Waals surface area contributed by atoms with Gasteiger partial charge in [0.2, 0.25) is 0 Å². The summed E-state index contributed by atoms with van der Waals surface area (Å²) in [6, 6.07) is 2.75. The van der Waals surface area contributed by atoms with Gasteiger partial charge in [0.25, 0.3) is 0 Å². The lowest BCUT2D eigenvalue weighted by molar-refractivity contribution is 0.0778. The van der Waals surface area contributed by atoms with Gasteiger partial charge in [-0.1, -0.05) is 0 Å². The van der Waals surface area contributed by atoms with E-state index in [-0.39, 0.29) is 0 Å². The lowest BCUT2D eigenvalue weighted by atomic mass is 10.1. The van der Waals surface area contributed by atoms with Gasteiger partial charge in [0.05, 0.1) is 12.2 Å². The highest BCUT2D eigenvalue weighted by molar-refractivity contribution is 5.06. The first-order valence-electron chi connectivity index (χ1n) is 6.08. The summed E-state index contributed by atoms with van der Waals surface area (Å²) in [5.41, 5.74) is 2.34. The van der Waals surface area contributed by atoms with Gasteiger partial charge in [-0.25, -0.2) is 0 Å². The molecule has 2 rings (SSSR count). The third-order valence-corrected chi connectivity index (χ3v) is 3.08. The van der Waals surface area contributed by atoms with E-state index >= 15 is 0 Å². The molecule has 0 bridgehead atoms. The van der Waals surface area contributed by atoms with Crippen molar-refractivity contribution in [2.75, 3.05) is 19.8 Å². The second-order valence-corrected chi connectivity index (χ2v) is 4.49. The maximum absolute atomic E-state index is 5.33. The van der Waals surface area contributed by atoms with Crippen molar-refractivity contribution in [1.29, 1.82) is 0 Å². The minimum absolute atomic E-state index is 0.630. The molecule has 4 heteroatoms. The zero-order valence-corrected chi connectivity index (χ0v) is 10.2. The molecule has 0 spiro atoms. The van der Waals surface area contributed by atoms with Gasteiger partial charge in [-0.2, -0.15) is 5.10 Å². The number of ether oxygens (including phenoxy) is 1. The summed E-state index contributed by atoms with van der Waals surface area (Å²) in [5.74, 6) is 0. The topological polar surface area (TPSA) is 39.1 Å². The molecule has 1 aliphatic heterocycles. The average Bonchev–Trinajstić information content (AvgIpc) is 2.59. The molecule has 4 nitrogen and oxygen atoms in total. The molecule has 2 heterocycles. The molecular weight excluding hydrogens is 202 g/mol. The highest BCUT2D eigenvalue weighted by Gasteiger charge is 2.12. The molecule has 0 amide bonds. The first kappa shape index (κ1) is 11.6. The highest BCUT2D eigenvalue weighted by Crippen LogP contribution is 2.06. The van der Waals surface area contributed by atoms with Crippen LogP contribution in [0.4, 0.5) is 0 Å². The Hall–Kier alpha value is -0.870. The minimum Gasteiger partial charge on any atom is -0.381 e. The minimum atomic E-state index is 0.630. The molecule has 0 saturated carbocycles. The van der Waals surface area contributed by atoms with Gasteiger partial charge >= 0.3 is 0 Å². The van der Waals surface area contributed by atoms with Gasteiger partial charge in [-0.05, 0) is 32.8 Å². The van der Waals surface area contributed by atoms with E-state index in [4.69, 9.17) is 4.74 Å². The number of nitrogens with zero attached hydrogens (tertiary/aromatic N) is 2. The van der Waals surface area contributed by atoms with Gasteiger partial charge in [-0.15, -0.1) is 0 Å². The maximum Gasteiger partial charge on any atom is 0.0596 e. The molecule has 0 aromatic carbocycles. The van der Waals surface area contributed by atoms with Crippen LogP contribution in [-0.2, 0) is 11.3 Å². The van der Waals surface area contributed by atoms with Crippen LogP contribution in [0.25, 0.3) is 0 Å². The summed E-state index contributed by atoms with van der Waals surface area (Å²) in [5, 5.41) is 8.01. The highest BCUT2D eigenvalue weighted by atomic mass is 16.5. The van der Waals surface area contributed by atoms with Crippen molar-refractivity contribution in [3.8, 4) is 0 Å². The fourth-order valence-electron chi connectivity index (χ4n) is 2.18. The van der Waals surface area contributed by atoms with E-state index in [1.807, 2.05) is 6.92 Å². The van der Waals surface area contributed by atoms with Gasteiger partial charge in [0.15, 0.2) is 0 Å². The molecule has 1 N–H and O–H groups in total. The molecule has 0 aliphatic carbocycles.